The van der Waals surface area contributed by atoms with Crippen molar-refractivity contribution in [1.29, 1.82) is 0 Å². The van der Waals surface area contributed by atoms with Gasteiger partial charge in [-0.25, -0.2) is 19.9 Å². The summed E-state index contributed by atoms with van der Waals surface area (Å²) in [7, 11) is 0. The molecule has 0 saturated carbocycles. The Morgan fingerprint density at radius 1 is 0.576 bits per heavy atom. The predicted molar refractivity (Wildman–Crippen MR) is 124 cm³/mol. The van der Waals surface area contributed by atoms with Gasteiger partial charge in [-0.3, -0.25) is 0 Å². The molecule has 0 N–H and O–H groups in total. The second-order valence-electron chi connectivity index (χ2n) is 9.82. The Morgan fingerprint density at radius 3 is 1.21 bits per heavy atom. The summed E-state index contributed by atoms with van der Waals surface area (Å²) in [6.07, 6.45) is 3.10. The second-order valence-corrected chi connectivity index (χ2v) is 9.82. The molecule has 8 nitrogen and oxygen atoms in total. The maximum absolute atomic E-state index is 4.19. The molecular weight excluding hydrogens is 595 g/mol. The summed E-state index contributed by atoms with van der Waals surface area (Å²) in [4.78, 5) is 16.5. The van der Waals surface area contributed by atoms with Gasteiger partial charge in [0.2, 0.25) is 0 Å². The first-order valence-corrected chi connectivity index (χ1v) is 10.5. The topological polar surface area (TPSA) is 106 Å². The molecule has 0 fully saturated rings. The van der Waals surface area contributed by atoms with E-state index in [1.54, 1.807) is 12.7 Å². The Bertz CT molecular complexity index is 1090. The van der Waals surface area contributed by atoms with Gasteiger partial charge in [-0.1, -0.05) is 65.1 Å². The molecule has 0 aliphatic heterocycles. The zero-order valence-electron chi connectivity index (χ0n) is 20.4. The van der Waals surface area contributed by atoms with Crippen LogP contribution in [0, 0.1) is 13.8 Å². The first-order valence-electron chi connectivity index (χ1n) is 10.5. The molecule has 4 aromatic heterocycles. The Labute approximate surface area is 209 Å². The van der Waals surface area contributed by atoms with E-state index in [9.17, 15) is 0 Å². The molecule has 0 radical (unpaired) electrons. The van der Waals surface area contributed by atoms with E-state index in [1.165, 1.54) is 0 Å². The fourth-order valence-corrected chi connectivity index (χ4v) is 2.76. The molecule has 0 aliphatic rings. The molecule has 0 spiro atoms. The van der Waals surface area contributed by atoms with E-state index in [2.05, 4.69) is 81.9 Å². The molecular formula is C24H30N8Pt. The van der Waals surface area contributed by atoms with Crippen molar-refractivity contribution >= 4 is 0 Å². The van der Waals surface area contributed by atoms with Gasteiger partial charge in [0.1, 0.15) is 12.7 Å². The molecule has 0 bridgehead atoms. The van der Waals surface area contributed by atoms with Gasteiger partial charge < -0.3 is 20.4 Å². The molecule has 0 aromatic carbocycles. The van der Waals surface area contributed by atoms with Gasteiger partial charge in [0.15, 0.2) is 0 Å². The minimum atomic E-state index is 0. The van der Waals surface area contributed by atoms with Crippen molar-refractivity contribution in [2.24, 2.45) is 0 Å². The number of hydrogen-bond acceptors (Lipinski definition) is 6. The predicted octanol–water partition coefficient (Wildman–Crippen LogP) is 4.20. The Hall–Kier alpha value is -2.73. The Morgan fingerprint density at radius 2 is 0.939 bits per heavy atom. The Kier molecular flexibility index (Phi) is 8.41. The van der Waals surface area contributed by atoms with Crippen LogP contribution in [-0.2, 0) is 31.9 Å². The Balaban J connectivity index is 0.000000227. The molecule has 33 heavy (non-hydrogen) atoms. The zero-order chi connectivity index (χ0) is 23.5. The van der Waals surface area contributed by atoms with Crippen LogP contribution >= 0.6 is 0 Å². The van der Waals surface area contributed by atoms with Crippen LogP contribution in [0.4, 0.5) is 0 Å². The summed E-state index contributed by atoms with van der Waals surface area (Å²) >= 11 is 0. The average molecular weight is 626 g/mol. The van der Waals surface area contributed by atoms with Crippen LogP contribution in [0.25, 0.3) is 22.8 Å². The van der Waals surface area contributed by atoms with Crippen molar-refractivity contribution in [3.05, 3.63) is 59.7 Å². The number of aryl methyl sites for hydroxylation is 2. The normalized spacial score (nSPS) is 11.4. The van der Waals surface area contributed by atoms with Crippen molar-refractivity contribution in [1.82, 2.24) is 40.3 Å². The monoisotopic (exact) mass is 625 g/mol. The van der Waals surface area contributed by atoms with Crippen LogP contribution in [0.3, 0.4) is 0 Å². The minimum Gasteiger partial charge on any atom is -0.573 e. The van der Waals surface area contributed by atoms with E-state index < -0.39 is 0 Å². The van der Waals surface area contributed by atoms with Crippen molar-refractivity contribution in [3.8, 4) is 22.8 Å². The number of aromatic nitrogens is 8. The van der Waals surface area contributed by atoms with Gasteiger partial charge >= 0.3 is 21.1 Å². The number of hydrogen-bond donors (Lipinski definition) is 0. The molecule has 176 valence electrons. The first-order chi connectivity index (χ1) is 14.9. The van der Waals surface area contributed by atoms with Gasteiger partial charge in [0.25, 0.3) is 0 Å². The molecule has 4 heterocycles. The summed E-state index contributed by atoms with van der Waals surface area (Å²) in [5.41, 5.74) is 7.17. The van der Waals surface area contributed by atoms with Crippen molar-refractivity contribution in [2.45, 2.75) is 66.2 Å². The molecule has 4 rings (SSSR count). The molecule has 0 saturated heterocycles. The van der Waals surface area contributed by atoms with Crippen LogP contribution in [0.5, 0.6) is 0 Å². The molecule has 0 atom stereocenters. The van der Waals surface area contributed by atoms with Crippen LogP contribution in [0.15, 0.2) is 36.9 Å². The van der Waals surface area contributed by atoms with Gasteiger partial charge in [-0.05, 0) is 26.0 Å². The quantitative estimate of drug-likeness (QED) is 0.327. The van der Waals surface area contributed by atoms with Crippen molar-refractivity contribution in [3.63, 3.8) is 0 Å². The summed E-state index contributed by atoms with van der Waals surface area (Å²) in [5.74, 6) is 0. The number of rotatable bonds is 2. The maximum atomic E-state index is 4.19. The minimum absolute atomic E-state index is 0. The SMILES string of the molecule is Cc1cc(-c2cc(C(C)(C)C)n[n-]2)ncn1.Cc1cc(-c2cc(C(C)(C)C)n[n-]2)ncn1.[Pt+2]. The van der Waals surface area contributed by atoms with Crippen LogP contribution in [-0.4, -0.2) is 30.1 Å². The first kappa shape index (κ1) is 26.5. The van der Waals surface area contributed by atoms with E-state index >= 15 is 0 Å². The van der Waals surface area contributed by atoms with Gasteiger partial charge in [-0.15, -0.1) is 0 Å². The summed E-state index contributed by atoms with van der Waals surface area (Å²) < 4.78 is 0. The van der Waals surface area contributed by atoms with E-state index in [1.807, 2.05) is 38.1 Å². The fraction of sp³-hybridized carbons (Fsp3) is 0.417. The second kappa shape index (κ2) is 10.5. The third-order valence-electron chi connectivity index (χ3n) is 4.75. The third kappa shape index (κ3) is 7.12. The molecule has 0 aliphatic carbocycles. The maximum Gasteiger partial charge on any atom is 2.00 e. The largest absolute Gasteiger partial charge is 2.00 e. The van der Waals surface area contributed by atoms with E-state index in [4.69, 9.17) is 0 Å². The third-order valence-corrected chi connectivity index (χ3v) is 4.75. The van der Waals surface area contributed by atoms with Crippen molar-refractivity contribution < 1.29 is 21.1 Å². The standard InChI is InChI=1S/2C12H15N4.Pt/c2*1-8-5-9(14-7-13-8)10-6-11(16-15-10)12(2,3)4;/h2*5-7H,1-4H3;/q2*-1;+2. The molecule has 0 amide bonds. The van der Waals surface area contributed by atoms with E-state index in [0.29, 0.717) is 0 Å². The average Bonchev–Trinajstić information content (AvgIpc) is 3.38. The summed E-state index contributed by atoms with van der Waals surface area (Å²) in [6.45, 7) is 16.6. The van der Waals surface area contributed by atoms with Crippen LogP contribution in [0.2, 0.25) is 0 Å². The van der Waals surface area contributed by atoms with Crippen molar-refractivity contribution in [2.75, 3.05) is 0 Å². The van der Waals surface area contributed by atoms with Crippen LogP contribution in [0.1, 0.15) is 64.3 Å². The zero-order valence-corrected chi connectivity index (χ0v) is 22.6. The van der Waals surface area contributed by atoms with Gasteiger partial charge in [0, 0.05) is 33.6 Å². The smallest absolute Gasteiger partial charge is 0.573 e. The summed E-state index contributed by atoms with van der Waals surface area (Å²) in [5, 5.41) is 16.7. The molecule has 4 aromatic rings. The fourth-order valence-electron chi connectivity index (χ4n) is 2.76. The van der Waals surface area contributed by atoms with Gasteiger partial charge in [0.05, 0.1) is 11.4 Å². The van der Waals surface area contributed by atoms with Crippen LogP contribution < -0.4 is 10.2 Å². The van der Waals surface area contributed by atoms with Gasteiger partial charge in [-0.2, -0.15) is 0 Å². The van der Waals surface area contributed by atoms with E-state index in [0.717, 1.165) is 45.6 Å². The molecule has 9 heteroatoms. The number of nitrogens with zero attached hydrogens (tertiary/aromatic N) is 8. The van der Waals surface area contributed by atoms with E-state index in [-0.39, 0.29) is 31.9 Å². The summed E-state index contributed by atoms with van der Waals surface area (Å²) in [6, 6.07) is 7.80. The molecule has 0 unspecified atom stereocenters.